The van der Waals surface area contributed by atoms with E-state index >= 15 is 0 Å². The van der Waals surface area contributed by atoms with Gasteiger partial charge in [-0.05, 0) is 40.5 Å². The first-order valence-corrected chi connectivity index (χ1v) is 8.76. The maximum atomic E-state index is 10.3. The smallest absolute Gasteiger partial charge is 0.164 e. The van der Waals surface area contributed by atoms with Crippen molar-refractivity contribution < 1.29 is 29.2 Å². The van der Waals surface area contributed by atoms with Crippen molar-refractivity contribution in [1.29, 1.82) is 0 Å². The molecule has 1 saturated heterocycles. The van der Waals surface area contributed by atoms with Crippen LogP contribution in [0.2, 0.25) is 0 Å². The third-order valence-corrected chi connectivity index (χ3v) is 4.12. The summed E-state index contributed by atoms with van der Waals surface area (Å²) in [6, 6.07) is 0. The lowest BCUT2D eigenvalue weighted by Crippen LogP contribution is -2.52. The Bertz CT molecular complexity index is 305. The molecule has 1 aliphatic rings. The van der Waals surface area contributed by atoms with Crippen LogP contribution < -0.4 is 0 Å². The van der Waals surface area contributed by atoms with Crippen LogP contribution in [-0.4, -0.2) is 65.8 Å². The van der Waals surface area contributed by atoms with Gasteiger partial charge in [-0.2, -0.15) is 0 Å². The molecule has 0 unspecified atom stereocenters. The van der Waals surface area contributed by atoms with E-state index in [0.717, 1.165) is 0 Å². The molecule has 2 N–H and O–H groups in total. The van der Waals surface area contributed by atoms with Crippen LogP contribution in [0.15, 0.2) is 0 Å². The van der Waals surface area contributed by atoms with Crippen molar-refractivity contribution >= 4 is 0 Å². The van der Waals surface area contributed by atoms with Crippen LogP contribution in [0.5, 0.6) is 0 Å². The summed E-state index contributed by atoms with van der Waals surface area (Å²) in [6.45, 7) is 12.1. The Hall–Kier alpha value is -0.240. The second-order valence-corrected chi connectivity index (χ2v) is 6.36. The van der Waals surface area contributed by atoms with E-state index in [4.69, 9.17) is 18.9 Å². The summed E-state index contributed by atoms with van der Waals surface area (Å²) in [5.74, 6) is -0.818. The highest BCUT2D eigenvalue weighted by molar-refractivity contribution is 4.96. The van der Waals surface area contributed by atoms with Crippen LogP contribution >= 0.6 is 0 Å². The van der Waals surface area contributed by atoms with E-state index in [1.807, 2.05) is 41.5 Å². The van der Waals surface area contributed by atoms with Gasteiger partial charge in [0.1, 0.15) is 24.4 Å². The van der Waals surface area contributed by atoms with Gasteiger partial charge in [-0.25, -0.2) is 0 Å². The zero-order valence-electron chi connectivity index (χ0n) is 15.3. The highest BCUT2D eigenvalue weighted by atomic mass is 16.8. The minimum absolute atomic E-state index is 0.463. The van der Waals surface area contributed by atoms with Crippen LogP contribution in [0.1, 0.15) is 54.4 Å². The summed E-state index contributed by atoms with van der Waals surface area (Å²) >= 11 is 0. The second kappa shape index (κ2) is 9.30. The molecule has 23 heavy (non-hydrogen) atoms. The van der Waals surface area contributed by atoms with Crippen molar-refractivity contribution in [2.45, 2.75) is 96.8 Å². The number of ether oxygens (including phenoxy) is 4. The van der Waals surface area contributed by atoms with E-state index in [1.54, 1.807) is 0 Å². The minimum Gasteiger partial charge on any atom is -0.390 e. The third-order valence-electron chi connectivity index (χ3n) is 4.12. The monoisotopic (exact) mass is 334 g/mol. The molecular weight excluding hydrogens is 300 g/mol. The standard InChI is InChI=1S/C17H34O6/c1-7-11(18)13(20-9-3)15-16(23-17(5,6)22-15)14(21-10-4)12(19)8-2/h11-16,18-19H,7-10H2,1-6H3/t11-,12-,13+,14+,15-,16-/m0/s1. The molecule has 0 aromatic carbocycles. The lowest BCUT2D eigenvalue weighted by atomic mass is 9.94. The van der Waals surface area contributed by atoms with Gasteiger partial charge in [0, 0.05) is 13.2 Å². The fraction of sp³-hybridized carbons (Fsp3) is 1.00. The number of rotatable bonds is 10. The molecule has 1 fully saturated rings. The largest absolute Gasteiger partial charge is 0.390 e. The molecule has 1 heterocycles. The topological polar surface area (TPSA) is 77.4 Å². The molecule has 138 valence electrons. The van der Waals surface area contributed by atoms with Gasteiger partial charge in [-0.15, -0.1) is 0 Å². The maximum Gasteiger partial charge on any atom is 0.164 e. The van der Waals surface area contributed by atoms with Crippen LogP contribution in [0.4, 0.5) is 0 Å². The molecule has 0 spiro atoms. The molecule has 1 rings (SSSR count). The van der Waals surface area contributed by atoms with E-state index in [9.17, 15) is 10.2 Å². The van der Waals surface area contributed by atoms with Crippen molar-refractivity contribution in [2.24, 2.45) is 0 Å². The van der Waals surface area contributed by atoms with Gasteiger partial charge in [-0.1, -0.05) is 13.8 Å². The molecule has 0 radical (unpaired) electrons. The van der Waals surface area contributed by atoms with Crippen LogP contribution in [0.25, 0.3) is 0 Å². The molecule has 6 heteroatoms. The summed E-state index contributed by atoms with van der Waals surface area (Å²) < 4.78 is 23.5. The number of hydrogen-bond acceptors (Lipinski definition) is 6. The van der Waals surface area contributed by atoms with Crippen LogP contribution in [0.3, 0.4) is 0 Å². The van der Waals surface area contributed by atoms with Crippen molar-refractivity contribution in [3.63, 3.8) is 0 Å². The summed E-state index contributed by atoms with van der Waals surface area (Å²) in [5, 5.41) is 20.7. The first-order chi connectivity index (χ1) is 10.8. The summed E-state index contributed by atoms with van der Waals surface area (Å²) in [6.07, 6.45) is -2.29. The summed E-state index contributed by atoms with van der Waals surface area (Å²) in [4.78, 5) is 0. The molecule has 0 aliphatic carbocycles. The van der Waals surface area contributed by atoms with Crippen molar-refractivity contribution in [3.05, 3.63) is 0 Å². The van der Waals surface area contributed by atoms with Gasteiger partial charge >= 0.3 is 0 Å². The van der Waals surface area contributed by atoms with Gasteiger partial charge in [0.15, 0.2) is 5.79 Å². The van der Waals surface area contributed by atoms with E-state index in [-0.39, 0.29) is 0 Å². The molecule has 0 aromatic heterocycles. The molecule has 6 nitrogen and oxygen atoms in total. The Kier molecular flexibility index (Phi) is 8.41. The first kappa shape index (κ1) is 20.8. The van der Waals surface area contributed by atoms with Gasteiger partial charge in [0.05, 0.1) is 12.2 Å². The molecule has 0 bridgehead atoms. The average molecular weight is 334 g/mol. The van der Waals surface area contributed by atoms with Crippen molar-refractivity contribution in [3.8, 4) is 0 Å². The lowest BCUT2D eigenvalue weighted by molar-refractivity contribution is -0.175. The van der Waals surface area contributed by atoms with Crippen LogP contribution in [0, 0.1) is 0 Å². The molecule has 0 aromatic rings. The maximum absolute atomic E-state index is 10.3. The van der Waals surface area contributed by atoms with E-state index in [0.29, 0.717) is 26.1 Å². The third kappa shape index (κ3) is 5.37. The molecule has 0 saturated carbocycles. The number of aliphatic hydroxyl groups excluding tert-OH is 2. The van der Waals surface area contributed by atoms with E-state index < -0.39 is 42.4 Å². The van der Waals surface area contributed by atoms with Crippen molar-refractivity contribution in [1.82, 2.24) is 0 Å². The van der Waals surface area contributed by atoms with Crippen LogP contribution in [-0.2, 0) is 18.9 Å². The zero-order valence-corrected chi connectivity index (χ0v) is 15.3. The lowest BCUT2D eigenvalue weighted by Gasteiger charge is -2.34. The Balaban J connectivity index is 3.08. The Morgan fingerprint density at radius 3 is 1.43 bits per heavy atom. The molecular formula is C17H34O6. The average Bonchev–Trinajstić information content (AvgIpc) is 2.83. The number of aliphatic hydroxyl groups is 2. The fourth-order valence-corrected chi connectivity index (χ4v) is 3.02. The Morgan fingerprint density at radius 2 is 1.17 bits per heavy atom. The Morgan fingerprint density at radius 1 is 0.826 bits per heavy atom. The second-order valence-electron chi connectivity index (χ2n) is 6.36. The summed E-state index contributed by atoms with van der Waals surface area (Å²) in [5.41, 5.74) is 0. The van der Waals surface area contributed by atoms with Crippen molar-refractivity contribution in [2.75, 3.05) is 13.2 Å². The predicted octanol–water partition coefficient (Wildman–Crippen LogP) is 1.86. The highest BCUT2D eigenvalue weighted by Crippen LogP contribution is 2.36. The first-order valence-electron chi connectivity index (χ1n) is 8.76. The normalized spacial score (nSPS) is 29.2. The van der Waals surface area contributed by atoms with Gasteiger partial charge < -0.3 is 29.2 Å². The van der Waals surface area contributed by atoms with Gasteiger partial charge in [0.2, 0.25) is 0 Å². The molecule has 1 aliphatic heterocycles. The SMILES string of the molecule is CCO[C@@H]([C@@H]1OC(C)(C)O[C@H]1[C@H](OCC)[C@@H](O)CC)[C@@H](O)CC. The Labute approximate surface area is 140 Å². The van der Waals surface area contributed by atoms with E-state index in [1.165, 1.54) is 0 Å². The van der Waals surface area contributed by atoms with Gasteiger partial charge in [0.25, 0.3) is 0 Å². The quantitative estimate of drug-likeness (QED) is 0.635. The predicted molar refractivity (Wildman–Crippen MR) is 87.2 cm³/mol. The zero-order chi connectivity index (χ0) is 17.6. The van der Waals surface area contributed by atoms with E-state index in [2.05, 4.69) is 0 Å². The van der Waals surface area contributed by atoms with Gasteiger partial charge in [-0.3, -0.25) is 0 Å². The molecule has 6 atom stereocenters. The minimum atomic E-state index is -0.818. The number of hydrogen-bond donors (Lipinski definition) is 2. The molecule has 0 amide bonds. The highest BCUT2D eigenvalue weighted by Gasteiger charge is 2.51. The fourth-order valence-electron chi connectivity index (χ4n) is 3.02. The summed E-state index contributed by atoms with van der Waals surface area (Å²) in [7, 11) is 0.